The van der Waals surface area contributed by atoms with E-state index in [9.17, 15) is 14.4 Å². The van der Waals surface area contributed by atoms with E-state index in [2.05, 4.69) is 0 Å². The Labute approximate surface area is 232 Å². The molecule has 0 spiro atoms. The molecule has 6 rings (SSSR count). The molecule has 1 amide bonds. The molecule has 1 aromatic carbocycles. The number of pyridine rings is 1. The quantitative estimate of drug-likeness (QED) is 0.278. The Bertz CT molecular complexity index is 1780. The highest BCUT2D eigenvalue weighted by Gasteiger charge is 2.38. The van der Waals surface area contributed by atoms with Gasteiger partial charge in [-0.05, 0) is 37.3 Å². The van der Waals surface area contributed by atoms with E-state index in [-0.39, 0.29) is 31.6 Å². The molecule has 198 valence electrons. The molecule has 3 aromatic heterocycles. The minimum absolute atomic E-state index is 0.189. The van der Waals surface area contributed by atoms with E-state index in [4.69, 9.17) is 21.9 Å². The Morgan fingerprint density at radius 2 is 1.72 bits per heavy atom. The average molecular weight is 561 g/mol. The number of nitrogens with zero attached hydrogens (tertiary/aromatic N) is 6. The Morgan fingerprint density at radius 3 is 2.46 bits per heavy atom. The van der Waals surface area contributed by atoms with Crippen molar-refractivity contribution in [3.05, 3.63) is 91.6 Å². The molecule has 0 saturated carbocycles. The van der Waals surface area contributed by atoms with Gasteiger partial charge in [-0.1, -0.05) is 48.2 Å². The maximum atomic E-state index is 13.8. The summed E-state index contributed by atoms with van der Waals surface area (Å²) >= 11 is 6.65. The smallest absolute Gasteiger partial charge is 0.296 e. The number of ether oxygens (including phenoxy) is 1. The first-order valence-corrected chi connectivity index (χ1v) is 13.6. The number of thioether (sulfide) groups is 1. The molecule has 5 heterocycles. The summed E-state index contributed by atoms with van der Waals surface area (Å²) in [5, 5.41) is 0. The van der Waals surface area contributed by atoms with Crippen LogP contribution in [0.25, 0.3) is 17.4 Å². The highest BCUT2D eigenvalue weighted by molar-refractivity contribution is 8.27. The van der Waals surface area contributed by atoms with Crippen LogP contribution in [0.1, 0.15) is 11.3 Å². The molecule has 0 N–H and O–H groups in total. The predicted octanol–water partition coefficient (Wildman–Crippen LogP) is 2.73. The van der Waals surface area contributed by atoms with Crippen LogP contribution in [0, 0.1) is 6.92 Å². The van der Waals surface area contributed by atoms with Gasteiger partial charge in [-0.2, -0.15) is 0 Å². The molecule has 2 aliphatic rings. The first-order valence-electron chi connectivity index (χ1n) is 12.3. The van der Waals surface area contributed by atoms with Gasteiger partial charge in [0.25, 0.3) is 17.0 Å². The minimum atomic E-state index is -0.457. The molecule has 0 radical (unpaired) electrons. The summed E-state index contributed by atoms with van der Waals surface area (Å²) in [5.74, 6) is 0.0311. The topological polar surface area (TPSA) is 94.1 Å². The second kappa shape index (κ2) is 9.95. The highest BCUT2D eigenvalue weighted by Crippen LogP contribution is 2.37. The maximum Gasteiger partial charge on any atom is 0.296 e. The lowest BCUT2D eigenvalue weighted by molar-refractivity contribution is -0.113. The van der Waals surface area contributed by atoms with Gasteiger partial charge in [0.1, 0.15) is 17.2 Å². The molecule has 12 heteroatoms. The van der Waals surface area contributed by atoms with E-state index >= 15 is 0 Å². The SMILES string of the molecule is Cc1c(N2C(=O)C(=Cc3c(N4CCOCC4)nc4ccccn4c3=O)SC2=S)c(=O)n(-c2ccccc2)n1C. The van der Waals surface area contributed by atoms with Crippen LogP contribution in [0.2, 0.25) is 0 Å². The monoisotopic (exact) mass is 560 g/mol. The number of fused-ring (bicyclic) bond motifs is 1. The van der Waals surface area contributed by atoms with Crippen LogP contribution in [0.4, 0.5) is 11.5 Å². The number of benzene rings is 1. The van der Waals surface area contributed by atoms with E-state index in [1.165, 1.54) is 14.0 Å². The number of carbonyl (C=O) groups excluding carboxylic acids is 1. The maximum absolute atomic E-state index is 13.8. The summed E-state index contributed by atoms with van der Waals surface area (Å²) in [5.41, 5.74) is 1.58. The average Bonchev–Trinajstić information content (AvgIpc) is 3.35. The Hall–Kier alpha value is -4.00. The van der Waals surface area contributed by atoms with Crippen molar-refractivity contribution >= 4 is 57.4 Å². The van der Waals surface area contributed by atoms with E-state index < -0.39 is 5.91 Å². The molecule has 10 nitrogen and oxygen atoms in total. The molecule has 2 aliphatic heterocycles. The van der Waals surface area contributed by atoms with Gasteiger partial charge in [-0.3, -0.25) is 28.4 Å². The molecule has 4 aromatic rings. The normalized spacial score (nSPS) is 17.1. The third-order valence-corrected chi connectivity index (χ3v) is 8.18. The van der Waals surface area contributed by atoms with Gasteiger partial charge in [0.2, 0.25) is 0 Å². The van der Waals surface area contributed by atoms with Crippen LogP contribution in [0.3, 0.4) is 0 Å². The van der Waals surface area contributed by atoms with Crippen molar-refractivity contribution in [3.8, 4) is 5.69 Å². The largest absolute Gasteiger partial charge is 0.378 e. The standard InChI is InChI=1S/C27H24N6O4S2/c1-17-22(26(36)33(29(17)2)18-8-4-3-5-9-18)32-25(35)20(39-27(32)38)16-19-23(30-12-14-37-15-13-30)28-21-10-6-7-11-31(21)24(19)34/h3-11,16H,12-15H2,1-2H3. The number of amides is 1. The zero-order chi connectivity index (χ0) is 27.3. The summed E-state index contributed by atoms with van der Waals surface area (Å²) in [4.78, 5) is 49.3. The molecule has 0 aliphatic carbocycles. The number of anilines is 2. The number of hydrogen-bond donors (Lipinski definition) is 0. The molecule has 0 bridgehead atoms. The van der Waals surface area contributed by atoms with E-state index in [1.54, 1.807) is 43.1 Å². The fourth-order valence-corrected chi connectivity index (χ4v) is 6.09. The van der Waals surface area contributed by atoms with Crippen molar-refractivity contribution < 1.29 is 9.53 Å². The Morgan fingerprint density at radius 1 is 1.00 bits per heavy atom. The van der Waals surface area contributed by atoms with Crippen LogP contribution >= 0.6 is 24.0 Å². The van der Waals surface area contributed by atoms with Gasteiger partial charge in [0.15, 0.2) is 4.32 Å². The van der Waals surface area contributed by atoms with Gasteiger partial charge >= 0.3 is 0 Å². The third kappa shape index (κ3) is 4.20. The molecule has 0 unspecified atom stereocenters. The first kappa shape index (κ1) is 25.3. The van der Waals surface area contributed by atoms with Crippen molar-refractivity contribution in [2.45, 2.75) is 6.92 Å². The van der Waals surface area contributed by atoms with E-state index in [0.29, 0.717) is 49.1 Å². The van der Waals surface area contributed by atoms with Gasteiger partial charge in [0, 0.05) is 26.3 Å². The summed E-state index contributed by atoms with van der Waals surface area (Å²) < 4.78 is 10.4. The molecule has 2 fully saturated rings. The highest BCUT2D eigenvalue weighted by atomic mass is 32.2. The summed E-state index contributed by atoms with van der Waals surface area (Å²) in [6.45, 7) is 3.93. The van der Waals surface area contributed by atoms with Gasteiger partial charge in [-0.15, -0.1) is 0 Å². The van der Waals surface area contributed by atoms with E-state index in [1.807, 2.05) is 41.3 Å². The van der Waals surface area contributed by atoms with Crippen molar-refractivity contribution in [1.82, 2.24) is 18.7 Å². The van der Waals surface area contributed by atoms with Gasteiger partial charge in [-0.25, -0.2) is 9.67 Å². The lowest BCUT2D eigenvalue weighted by atomic mass is 10.2. The molecular weight excluding hydrogens is 536 g/mol. The second-order valence-electron chi connectivity index (χ2n) is 9.11. The van der Waals surface area contributed by atoms with Crippen molar-refractivity contribution in [2.75, 3.05) is 36.1 Å². The number of morpholine rings is 1. The van der Waals surface area contributed by atoms with Crippen molar-refractivity contribution in [1.29, 1.82) is 0 Å². The fraction of sp³-hybridized carbons (Fsp3) is 0.222. The number of aromatic nitrogens is 4. The predicted molar refractivity (Wildman–Crippen MR) is 156 cm³/mol. The molecule has 0 atom stereocenters. The summed E-state index contributed by atoms with van der Waals surface area (Å²) in [7, 11) is 1.76. The van der Waals surface area contributed by atoms with Gasteiger partial charge in [0.05, 0.1) is 35.1 Å². The number of hydrogen-bond acceptors (Lipinski definition) is 8. The zero-order valence-corrected chi connectivity index (χ0v) is 22.9. The Balaban J connectivity index is 1.47. The fourth-order valence-electron chi connectivity index (χ4n) is 4.84. The van der Waals surface area contributed by atoms with Crippen LogP contribution in [-0.4, -0.2) is 55.3 Å². The van der Waals surface area contributed by atoms with E-state index in [0.717, 1.165) is 11.8 Å². The lowest BCUT2D eigenvalue weighted by Gasteiger charge is -2.29. The van der Waals surface area contributed by atoms with Crippen molar-refractivity contribution in [2.24, 2.45) is 7.05 Å². The third-order valence-electron chi connectivity index (χ3n) is 6.88. The van der Waals surface area contributed by atoms with Crippen molar-refractivity contribution in [3.63, 3.8) is 0 Å². The first-order chi connectivity index (χ1) is 18.9. The summed E-state index contributed by atoms with van der Waals surface area (Å²) in [6, 6.07) is 14.5. The molecule has 2 saturated heterocycles. The van der Waals surface area contributed by atoms with Crippen LogP contribution in [0.15, 0.2) is 69.2 Å². The molecular formula is C27H24N6O4S2. The van der Waals surface area contributed by atoms with Gasteiger partial charge < -0.3 is 9.64 Å². The number of thiocarbonyl (C=S) groups is 1. The number of para-hydroxylation sites is 1. The lowest BCUT2D eigenvalue weighted by Crippen LogP contribution is -2.38. The van der Waals surface area contributed by atoms with Crippen LogP contribution < -0.4 is 20.9 Å². The number of carbonyl (C=O) groups is 1. The Kier molecular flexibility index (Phi) is 6.45. The van der Waals surface area contributed by atoms with Crippen LogP contribution in [0.5, 0.6) is 0 Å². The number of rotatable bonds is 4. The van der Waals surface area contributed by atoms with Crippen LogP contribution in [-0.2, 0) is 16.6 Å². The molecule has 39 heavy (non-hydrogen) atoms. The zero-order valence-electron chi connectivity index (χ0n) is 21.2. The summed E-state index contributed by atoms with van der Waals surface area (Å²) in [6.07, 6.45) is 3.20. The minimum Gasteiger partial charge on any atom is -0.378 e. The second-order valence-corrected chi connectivity index (χ2v) is 10.8.